The Morgan fingerprint density at radius 2 is 1.86 bits per heavy atom. The van der Waals surface area contributed by atoms with Crippen molar-refractivity contribution in [3.8, 4) is 0 Å². The molecular formula is C15H24N6. The van der Waals surface area contributed by atoms with E-state index in [1.165, 1.54) is 0 Å². The third-order valence-corrected chi connectivity index (χ3v) is 3.10. The van der Waals surface area contributed by atoms with Gasteiger partial charge >= 0.3 is 0 Å². The number of hydrogen-bond donors (Lipinski definition) is 2. The van der Waals surface area contributed by atoms with E-state index >= 15 is 0 Å². The smallest absolute Gasteiger partial charge is 0.131 e. The number of anilines is 2. The average Bonchev–Trinajstić information content (AvgIpc) is 2.97. The molecule has 0 radical (unpaired) electrons. The molecule has 0 saturated heterocycles. The minimum atomic E-state index is 0.789. The third kappa shape index (κ3) is 5.41. The van der Waals surface area contributed by atoms with E-state index in [-0.39, 0.29) is 0 Å². The van der Waals surface area contributed by atoms with Gasteiger partial charge in [0.15, 0.2) is 0 Å². The number of hydrogen-bond acceptors (Lipinski definition) is 5. The Morgan fingerprint density at radius 3 is 2.52 bits per heavy atom. The summed E-state index contributed by atoms with van der Waals surface area (Å²) in [4.78, 5) is 12.8. The summed E-state index contributed by atoms with van der Waals surface area (Å²) >= 11 is 0. The van der Waals surface area contributed by atoms with Crippen LogP contribution in [0.3, 0.4) is 0 Å². The molecule has 114 valence electrons. The molecule has 0 aliphatic heterocycles. The summed E-state index contributed by atoms with van der Waals surface area (Å²) in [6, 6.07) is 1.97. The quantitative estimate of drug-likeness (QED) is 0.694. The van der Waals surface area contributed by atoms with Crippen molar-refractivity contribution in [2.75, 3.05) is 23.7 Å². The summed E-state index contributed by atoms with van der Waals surface area (Å²) in [5, 5.41) is 6.66. The van der Waals surface area contributed by atoms with Gasteiger partial charge in [0.25, 0.3) is 0 Å². The van der Waals surface area contributed by atoms with E-state index in [0.29, 0.717) is 0 Å². The molecule has 6 heteroatoms. The normalized spacial score (nSPS) is 10.6. The summed E-state index contributed by atoms with van der Waals surface area (Å²) in [6.45, 7) is 6.91. The maximum Gasteiger partial charge on any atom is 0.131 e. The molecule has 0 bridgehead atoms. The molecule has 2 heterocycles. The number of imidazole rings is 1. The Labute approximate surface area is 126 Å². The van der Waals surface area contributed by atoms with Gasteiger partial charge in [-0.1, -0.05) is 6.92 Å². The molecule has 0 aromatic carbocycles. The van der Waals surface area contributed by atoms with Crippen LogP contribution in [0.5, 0.6) is 0 Å². The van der Waals surface area contributed by atoms with Gasteiger partial charge in [-0.2, -0.15) is 0 Å². The molecule has 2 aromatic rings. The number of rotatable bonds is 9. The van der Waals surface area contributed by atoms with Crippen molar-refractivity contribution in [1.82, 2.24) is 19.5 Å². The van der Waals surface area contributed by atoms with E-state index in [4.69, 9.17) is 0 Å². The molecule has 0 aliphatic rings. The van der Waals surface area contributed by atoms with E-state index in [1.807, 2.05) is 31.7 Å². The fourth-order valence-corrected chi connectivity index (χ4v) is 2.06. The first-order valence-electron chi connectivity index (χ1n) is 7.57. The fourth-order valence-electron chi connectivity index (χ4n) is 2.06. The monoisotopic (exact) mass is 288 g/mol. The standard InChI is InChI=1S/C15H24N6/c1-3-6-17-14-11-15(20-13(2)19-14)18-7-4-5-9-21-10-8-16-12-21/h8,10-12H,3-7,9H2,1-2H3,(H2,17,18,19,20). The van der Waals surface area contributed by atoms with Gasteiger partial charge in [-0.25, -0.2) is 15.0 Å². The van der Waals surface area contributed by atoms with Crippen molar-refractivity contribution in [3.63, 3.8) is 0 Å². The van der Waals surface area contributed by atoms with Crippen LogP contribution in [0.15, 0.2) is 24.8 Å². The van der Waals surface area contributed by atoms with Gasteiger partial charge in [-0.15, -0.1) is 0 Å². The molecule has 0 amide bonds. The second-order valence-corrected chi connectivity index (χ2v) is 5.05. The summed E-state index contributed by atoms with van der Waals surface area (Å²) < 4.78 is 2.10. The van der Waals surface area contributed by atoms with Crippen LogP contribution >= 0.6 is 0 Å². The van der Waals surface area contributed by atoms with E-state index in [0.717, 1.165) is 56.4 Å². The fraction of sp³-hybridized carbons (Fsp3) is 0.533. The van der Waals surface area contributed by atoms with Gasteiger partial charge < -0.3 is 15.2 Å². The molecule has 0 aliphatic carbocycles. The molecule has 0 atom stereocenters. The first-order chi connectivity index (χ1) is 10.3. The highest BCUT2D eigenvalue weighted by molar-refractivity contribution is 5.47. The van der Waals surface area contributed by atoms with Crippen LogP contribution in [0.25, 0.3) is 0 Å². The van der Waals surface area contributed by atoms with Crippen LogP contribution in [0.2, 0.25) is 0 Å². The maximum absolute atomic E-state index is 4.41. The Morgan fingerprint density at radius 1 is 1.10 bits per heavy atom. The average molecular weight is 288 g/mol. The zero-order valence-electron chi connectivity index (χ0n) is 12.8. The van der Waals surface area contributed by atoms with Gasteiger partial charge in [-0.3, -0.25) is 0 Å². The SMILES string of the molecule is CCCNc1cc(NCCCCn2ccnc2)nc(C)n1. The van der Waals surface area contributed by atoms with Crippen molar-refractivity contribution in [1.29, 1.82) is 0 Å². The molecule has 0 saturated carbocycles. The van der Waals surface area contributed by atoms with Crippen LogP contribution in [-0.2, 0) is 6.54 Å². The number of nitrogens with one attached hydrogen (secondary N) is 2. The topological polar surface area (TPSA) is 67.7 Å². The Kier molecular flexibility index (Phi) is 5.99. The van der Waals surface area contributed by atoms with E-state index in [2.05, 4.69) is 37.1 Å². The molecular weight excluding hydrogens is 264 g/mol. The van der Waals surface area contributed by atoms with Crippen LogP contribution in [0.1, 0.15) is 32.0 Å². The second-order valence-electron chi connectivity index (χ2n) is 5.05. The highest BCUT2D eigenvalue weighted by Crippen LogP contribution is 2.11. The lowest BCUT2D eigenvalue weighted by Crippen LogP contribution is -2.09. The molecule has 6 nitrogen and oxygen atoms in total. The van der Waals surface area contributed by atoms with Crippen molar-refractivity contribution in [2.45, 2.75) is 39.7 Å². The van der Waals surface area contributed by atoms with Gasteiger partial charge in [0.05, 0.1) is 6.33 Å². The molecule has 21 heavy (non-hydrogen) atoms. The van der Waals surface area contributed by atoms with Crippen molar-refractivity contribution >= 4 is 11.6 Å². The summed E-state index contributed by atoms with van der Waals surface area (Å²) in [5.41, 5.74) is 0. The van der Waals surface area contributed by atoms with Crippen LogP contribution in [0.4, 0.5) is 11.6 Å². The molecule has 2 rings (SSSR count). The third-order valence-electron chi connectivity index (χ3n) is 3.10. The predicted molar refractivity (Wildman–Crippen MR) is 85.5 cm³/mol. The highest BCUT2D eigenvalue weighted by Gasteiger charge is 2.01. The zero-order chi connectivity index (χ0) is 14.9. The van der Waals surface area contributed by atoms with Crippen molar-refractivity contribution in [2.24, 2.45) is 0 Å². The van der Waals surface area contributed by atoms with Gasteiger partial charge in [0.1, 0.15) is 17.5 Å². The van der Waals surface area contributed by atoms with Crippen molar-refractivity contribution in [3.05, 3.63) is 30.6 Å². The van der Waals surface area contributed by atoms with Gasteiger partial charge in [0.2, 0.25) is 0 Å². The van der Waals surface area contributed by atoms with Crippen LogP contribution in [0, 0.1) is 6.92 Å². The first-order valence-corrected chi connectivity index (χ1v) is 7.57. The lowest BCUT2D eigenvalue weighted by Gasteiger charge is -2.09. The van der Waals surface area contributed by atoms with Crippen molar-refractivity contribution < 1.29 is 0 Å². The molecule has 2 N–H and O–H groups in total. The highest BCUT2D eigenvalue weighted by atomic mass is 15.1. The van der Waals surface area contributed by atoms with Gasteiger partial charge in [0, 0.05) is 38.1 Å². The first kappa shape index (κ1) is 15.3. The Hall–Kier alpha value is -2.11. The summed E-state index contributed by atoms with van der Waals surface area (Å²) in [7, 11) is 0. The maximum atomic E-state index is 4.41. The minimum absolute atomic E-state index is 0.789. The van der Waals surface area contributed by atoms with Crippen LogP contribution < -0.4 is 10.6 Å². The Balaban J connectivity index is 1.73. The number of unbranched alkanes of at least 4 members (excludes halogenated alkanes) is 1. The largest absolute Gasteiger partial charge is 0.370 e. The predicted octanol–water partition coefficient (Wildman–Crippen LogP) is 2.70. The molecule has 0 fully saturated rings. The van der Waals surface area contributed by atoms with Crippen LogP contribution in [-0.4, -0.2) is 32.6 Å². The lowest BCUT2D eigenvalue weighted by molar-refractivity contribution is 0.620. The number of nitrogens with zero attached hydrogens (tertiary/aromatic N) is 4. The van der Waals surface area contributed by atoms with Gasteiger partial charge in [-0.05, 0) is 26.2 Å². The molecule has 2 aromatic heterocycles. The summed E-state index contributed by atoms with van der Waals surface area (Å²) in [6.07, 6.45) is 8.96. The zero-order valence-corrected chi connectivity index (χ0v) is 12.8. The molecule has 0 spiro atoms. The lowest BCUT2D eigenvalue weighted by atomic mass is 10.3. The minimum Gasteiger partial charge on any atom is -0.370 e. The number of aryl methyl sites for hydroxylation is 2. The van der Waals surface area contributed by atoms with E-state index in [1.54, 1.807) is 0 Å². The number of aromatic nitrogens is 4. The summed E-state index contributed by atoms with van der Waals surface area (Å²) in [5.74, 6) is 2.58. The molecule has 0 unspecified atom stereocenters. The Bertz CT molecular complexity index is 523. The van der Waals surface area contributed by atoms with E-state index < -0.39 is 0 Å². The van der Waals surface area contributed by atoms with E-state index in [9.17, 15) is 0 Å². The second kappa shape index (κ2) is 8.24.